The van der Waals surface area contributed by atoms with Gasteiger partial charge in [0.15, 0.2) is 0 Å². The first-order chi connectivity index (χ1) is 53.0. The Morgan fingerprint density at radius 1 is 0.155 bits per heavy atom. The Morgan fingerprint density at radius 3 is 0.936 bits per heavy atom. The van der Waals surface area contributed by atoms with Gasteiger partial charge in [0.25, 0.3) is 0 Å². The molecule has 0 saturated heterocycles. The number of rotatable bonds is 5. The van der Waals surface area contributed by atoms with Gasteiger partial charge in [-0.2, -0.15) is 0 Å². The van der Waals surface area contributed by atoms with E-state index in [4.69, 9.17) is 0 Å². The van der Waals surface area contributed by atoms with Crippen molar-refractivity contribution in [3.63, 3.8) is 0 Å². The summed E-state index contributed by atoms with van der Waals surface area (Å²) in [6, 6.07) is 121. The minimum Gasteiger partial charge on any atom is -0.0622 e. The van der Waals surface area contributed by atoms with Gasteiger partial charge in [0.1, 0.15) is 0 Å². The molecular formula is C110H100. The Hall–Kier alpha value is -11.7. The summed E-state index contributed by atoms with van der Waals surface area (Å²) in [6.07, 6.45) is 0. The van der Waals surface area contributed by atoms with Gasteiger partial charge in [0, 0.05) is 27.1 Å². The molecule has 0 heteroatoms. The van der Waals surface area contributed by atoms with Crippen LogP contribution in [0, 0.1) is 34.6 Å². The topological polar surface area (TPSA) is 0 Å². The van der Waals surface area contributed by atoms with Crippen molar-refractivity contribution in [3.05, 3.63) is 417 Å². The van der Waals surface area contributed by atoms with Crippen molar-refractivity contribution >= 4 is 0 Å². The minimum absolute atomic E-state index is 0.0448. The molecule has 20 rings (SSSR count). The molecule has 5 aliphatic carbocycles. The molecule has 0 nitrogen and oxygen atoms in total. The van der Waals surface area contributed by atoms with Crippen molar-refractivity contribution in [3.8, 4) is 111 Å². The van der Waals surface area contributed by atoms with Crippen LogP contribution in [-0.4, -0.2) is 0 Å². The second-order valence-corrected chi connectivity index (χ2v) is 33.7. The molecule has 0 amide bonds. The van der Waals surface area contributed by atoms with E-state index in [1.807, 2.05) is 0 Å². The van der Waals surface area contributed by atoms with E-state index in [9.17, 15) is 0 Å². The van der Waals surface area contributed by atoms with Crippen LogP contribution in [0.25, 0.3) is 111 Å². The molecule has 0 spiro atoms. The van der Waals surface area contributed by atoms with Gasteiger partial charge in [-0.1, -0.05) is 414 Å². The van der Waals surface area contributed by atoms with E-state index >= 15 is 0 Å². The Balaban J connectivity index is 0.000000104. The highest BCUT2D eigenvalue weighted by Gasteiger charge is 2.42. The number of aryl methyl sites for hydroxylation is 5. The Kier molecular flexibility index (Phi) is 18.7. The maximum absolute atomic E-state index is 2.35. The molecule has 0 aromatic heterocycles. The molecular weight excluding hydrogens is 1320 g/mol. The van der Waals surface area contributed by atoms with E-state index in [0.717, 1.165) is 0 Å². The van der Waals surface area contributed by atoms with E-state index in [2.05, 4.69) is 438 Å². The fourth-order valence-electron chi connectivity index (χ4n) is 19.4. The van der Waals surface area contributed by atoms with Crippen molar-refractivity contribution in [2.45, 2.75) is 131 Å². The predicted octanol–water partition coefficient (Wildman–Crippen LogP) is 29.8. The Labute approximate surface area is 655 Å². The second kappa shape index (κ2) is 28.4. The van der Waals surface area contributed by atoms with Crippen LogP contribution < -0.4 is 0 Å². The zero-order chi connectivity index (χ0) is 76.6. The maximum Gasteiger partial charge on any atom is 0.0165 e. The third-order valence-electron chi connectivity index (χ3n) is 24.9. The van der Waals surface area contributed by atoms with Gasteiger partial charge in [-0.15, -0.1) is 0 Å². The van der Waals surface area contributed by atoms with Gasteiger partial charge in [-0.3, -0.25) is 0 Å². The summed E-state index contributed by atoms with van der Waals surface area (Å²) in [4.78, 5) is 0. The smallest absolute Gasteiger partial charge is 0.0165 e. The molecule has 0 heterocycles. The quantitative estimate of drug-likeness (QED) is 0.161. The largest absolute Gasteiger partial charge is 0.0622 e. The van der Waals surface area contributed by atoms with Gasteiger partial charge in [-0.05, 0) is 218 Å². The average molecular weight is 1420 g/mol. The molecule has 0 N–H and O–H groups in total. The van der Waals surface area contributed by atoms with Crippen molar-refractivity contribution in [1.82, 2.24) is 0 Å². The summed E-state index contributed by atoms with van der Waals surface area (Å²) in [5.41, 5.74) is 48.8. The molecule has 0 fully saturated rings. The number of benzene rings is 15. The van der Waals surface area contributed by atoms with Gasteiger partial charge < -0.3 is 0 Å². The normalized spacial score (nSPS) is 14.5. The van der Waals surface area contributed by atoms with E-state index in [1.54, 1.807) is 0 Å². The fourth-order valence-corrected chi connectivity index (χ4v) is 19.4. The lowest BCUT2D eigenvalue weighted by molar-refractivity contribution is 0.656. The van der Waals surface area contributed by atoms with Crippen LogP contribution in [0.1, 0.15) is 153 Å². The molecule has 540 valence electrons. The molecule has 5 aliphatic rings. The molecule has 0 aliphatic heterocycles. The van der Waals surface area contributed by atoms with Crippen LogP contribution in [0.5, 0.6) is 0 Å². The van der Waals surface area contributed by atoms with Crippen LogP contribution in [0.2, 0.25) is 0 Å². The van der Waals surface area contributed by atoms with Crippen LogP contribution >= 0.6 is 0 Å². The summed E-state index contributed by atoms with van der Waals surface area (Å²) in [5.74, 6) is 0. The summed E-state index contributed by atoms with van der Waals surface area (Å²) in [5, 5.41) is 0. The fraction of sp³-hybridized carbons (Fsp3) is 0.182. The third-order valence-corrected chi connectivity index (χ3v) is 24.9. The first-order valence-electron chi connectivity index (χ1n) is 39.5. The van der Waals surface area contributed by atoms with Gasteiger partial charge in [-0.25, -0.2) is 0 Å². The number of fused-ring (bicyclic) bond motifs is 15. The van der Waals surface area contributed by atoms with Crippen LogP contribution in [0.15, 0.2) is 334 Å². The summed E-state index contributed by atoms with van der Waals surface area (Å²) < 4.78 is 0. The summed E-state index contributed by atoms with van der Waals surface area (Å²) in [6.45, 7) is 34.3. The number of hydrogen-bond donors (Lipinski definition) is 0. The first kappa shape index (κ1) is 72.5. The molecule has 0 radical (unpaired) electrons. The molecule has 110 heavy (non-hydrogen) atoms. The summed E-state index contributed by atoms with van der Waals surface area (Å²) in [7, 11) is 0. The molecule has 0 bridgehead atoms. The second-order valence-electron chi connectivity index (χ2n) is 33.7. The van der Waals surface area contributed by atoms with E-state index < -0.39 is 0 Å². The molecule has 15 aromatic rings. The highest BCUT2D eigenvalue weighted by Crippen LogP contribution is 2.58. The van der Waals surface area contributed by atoms with Gasteiger partial charge >= 0.3 is 0 Å². The standard InChI is InChI=1S/5C22H20/c1-15-8-6-9-16(14-15)17-11-7-13-20-21(17)18-10-4-5-12-19(18)22(20,2)3;1-15-9-4-5-10-16(15)17-12-8-14-20-21(17)18-11-6-7-13-19(18)22(20,2)3;1-15-11-13-16(14-12-15)17-8-6-10-20-21(17)18-7-4-5-9-19(18)22(20,2)3;1-15-13-14-17(16-9-5-4-6-10-16)20-18-11-7-8-12-19(18)22(2,3)21(15)20;1-15-13-14-17(16-9-5-4-6-10-16)21-20(15)18-11-7-8-12-19(18)22(21,2)3/h5*4-14H,1-3H3. The third kappa shape index (κ3) is 12.3. The lowest BCUT2D eigenvalue weighted by Gasteiger charge is -2.25. The highest BCUT2D eigenvalue weighted by atomic mass is 14.5. The molecule has 0 saturated carbocycles. The van der Waals surface area contributed by atoms with Gasteiger partial charge in [0.05, 0.1) is 0 Å². The summed E-state index contributed by atoms with van der Waals surface area (Å²) >= 11 is 0. The average Bonchev–Trinajstić information content (AvgIpc) is 1.58. The van der Waals surface area contributed by atoms with E-state index in [1.165, 1.54) is 195 Å². The van der Waals surface area contributed by atoms with Gasteiger partial charge in [0.2, 0.25) is 0 Å². The van der Waals surface area contributed by atoms with E-state index in [0.29, 0.717) is 0 Å². The SMILES string of the molecule is Cc1ccc(-c2cccc3c2-c2ccccc2C3(C)C)cc1.Cc1ccc(-c2ccccc2)c2c1-c1ccccc1C2(C)C.Cc1ccc(-c2ccccc2)c2c1C(C)(C)c1ccccc1-2.Cc1cccc(-c2cccc3c2-c2ccccc2C3(C)C)c1.Cc1ccccc1-c1cccc2c1-c1ccccc1C2(C)C. The molecule has 15 aromatic carbocycles. The Bertz CT molecular complexity index is 6020. The maximum atomic E-state index is 2.35. The van der Waals surface area contributed by atoms with Crippen LogP contribution in [0.3, 0.4) is 0 Å². The van der Waals surface area contributed by atoms with Crippen molar-refractivity contribution in [2.24, 2.45) is 0 Å². The van der Waals surface area contributed by atoms with Crippen molar-refractivity contribution in [2.75, 3.05) is 0 Å². The highest BCUT2D eigenvalue weighted by molar-refractivity contribution is 5.97. The Morgan fingerprint density at radius 2 is 0.464 bits per heavy atom. The monoisotopic (exact) mass is 1420 g/mol. The molecule has 0 unspecified atom stereocenters. The molecule has 0 atom stereocenters. The number of hydrogen-bond acceptors (Lipinski definition) is 0. The minimum atomic E-state index is 0.0448. The van der Waals surface area contributed by atoms with Crippen LogP contribution in [-0.2, 0) is 27.1 Å². The predicted molar refractivity (Wildman–Crippen MR) is 471 cm³/mol. The zero-order valence-electron chi connectivity index (χ0n) is 66.8. The lowest BCUT2D eigenvalue weighted by atomic mass is 9.78. The van der Waals surface area contributed by atoms with Crippen LogP contribution in [0.4, 0.5) is 0 Å². The van der Waals surface area contributed by atoms with E-state index in [-0.39, 0.29) is 27.1 Å². The lowest BCUT2D eigenvalue weighted by Crippen LogP contribution is -2.16. The first-order valence-corrected chi connectivity index (χ1v) is 39.5. The van der Waals surface area contributed by atoms with Crippen molar-refractivity contribution in [1.29, 1.82) is 0 Å². The van der Waals surface area contributed by atoms with Crippen molar-refractivity contribution < 1.29 is 0 Å². The zero-order valence-corrected chi connectivity index (χ0v) is 66.8.